The molecule has 2 atom stereocenters. The summed E-state index contributed by atoms with van der Waals surface area (Å²) in [5.74, 6) is 0.322. The minimum Gasteiger partial charge on any atom is -0.386 e. The van der Waals surface area contributed by atoms with Gasteiger partial charge in [0.15, 0.2) is 0 Å². The first kappa shape index (κ1) is 14.1. The zero-order valence-corrected chi connectivity index (χ0v) is 13.2. The van der Waals surface area contributed by atoms with Crippen molar-refractivity contribution >= 4 is 15.9 Å². The van der Waals surface area contributed by atoms with Gasteiger partial charge >= 0.3 is 0 Å². The third-order valence-corrected chi connectivity index (χ3v) is 4.89. The Labute approximate surface area is 118 Å². The molecule has 1 aromatic rings. The van der Waals surface area contributed by atoms with E-state index in [1.54, 1.807) is 6.20 Å². The van der Waals surface area contributed by atoms with Crippen LogP contribution >= 0.6 is 15.9 Å². The van der Waals surface area contributed by atoms with Crippen molar-refractivity contribution in [3.8, 4) is 0 Å². The molecule has 0 amide bonds. The predicted octanol–water partition coefficient (Wildman–Crippen LogP) is 4.09. The van der Waals surface area contributed by atoms with Gasteiger partial charge in [-0.05, 0) is 54.0 Å². The smallest absolute Gasteiger partial charge is 0.100 e. The molecule has 3 nitrogen and oxygen atoms in total. The number of hydrogen-bond donors (Lipinski definition) is 1. The number of aliphatic hydroxyl groups is 1. The fourth-order valence-corrected chi connectivity index (χ4v) is 3.68. The molecule has 0 aromatic carbocycles. The van der Waals surface area contributed by atoms with Crippen molar-refractivity contribution in [2.24, 2.45) is 11.3 Å². The van der Waals surface area contributed by atoms with Crippen LogP contribution in [0.25, 0.3) is 0 Å². The van der Waals surface area contributed by atoms with Gasteiger partial charge < -0.3 is 5.11 Å². The Kier molecular flexibility index (Phi) is 3.88. The summed E-state index contributed by atoms with van der Waals surface area (Å²) in [6, 6.07) is 0.269. The van der Waals surface area contributed by atoms with E-state index in [9.17, 15) is 5.11 Å². The fraction of sp³-hybridized carbons (Fsp3) is 0.786. The van der Waals surface area contributed by atoms with Gasteiger partial charge in [0.05, 0.1) is 16.4 Å². The third kappa shape index (κ3) is 2.37. The average molecular weight is 315 g/mol. The minimum atomic E-state index is -0.429. The largest absolute Gasteiger partial charge is 0.386 e. The van der Waals surface area contributed by atoms with Crippen LogP contribution in [0.1, 0.15) is 64.8 Å². The molecule has 1 aliphatic rings. The van der Waals surface area contributed by atoms with Crippen molar-refractivity contribution < 1.29 is 5.11 Å². The van der Waals surface area contributed by atoms with Crippen molar-refractivity contribution in [1.82, 2.24) is 9.78 Å². The van der Waals surface area contributed by atoms with Gasteiger partial charge in [-0.25, -0.2) is 0 Å². The van der Waals surface area contributed by atoms with Gasteiger partial charge in [0, 0.05) is 6.04 Å². The van der Waals surface area contributed by atoms with Crippen LogP contribution in [-0.2, 0) is 0 Å². The van der Waals surface area contributed by atoms with Gasteiger partial charge in [-0.2, -0.15) is 5.10 Å². The van der Waals surface area contributed by atoms with Gasteiger partial charge in [-0.15, -0.1) is 0 Å². The van der Waals surface area contributed by atoms with E-state index in [0.717, 1.165) is 16.6 Å². The van der Waals surface area contributed by atoms with E-state index in [-0.39, 0.29) is 11.5 Å². The van der Waals surface area contributed by atoms with E-state index in [1.807, 2.05) is 4.68 Å². The molecule has 0 radical (unpaired) electrons. The fourth-order valence-electron chi connectivity index (χ4n) is 3.17. The van der Waals surface area contributed by atoms with E-state index in [2.05, 4.69) is 48.7 Å². The number of hydrogen-bond acceptors (Lipinski definition) is 2. The maximum absolute atomic E-state index is 10.8. The lowest BCUT2D eigenvalue weighted by molar-refractivity contribution is 0.0449. The lowest BCUT2D eigenvalue weighted by Gasteiger charge is -2.32. The molecule has 1 aliphatic carbocycles. The monoisotopic (exact) mass is 314 g/mol. The second-order valence-electron chi connectivity index (χ2n) is 6.35. The normalized spacial score (nSPS) is 24.7. The standard InChI is InChI=1S/C14H23BrN2O/c1-9(2)17-12(11(15)8-16-17)13(18)10-6-5-7-14(10,3)4/h8-10,13,18H,5-7H2,1-4H3. The first-order valence-electron chi connectivity index (χ1n) is 6.75. The number of aliphatic hydroxyl groups excluding tert-OH is 1. The van der Waals surface area contributed by atoms with E-state index in [4.69, 9.17) is 0 Å². The second-order valence-corrected chi connectivity index (χ2v) is 7.20. The first-order valence-corrected chi connectivity index (χ1v) is 7.55. The minimum absolute atomic E-state index is 0.213. The molecule has 1 saturated carbocycles. The van der Waals surface area contributed by atoms with Crippen LogP contribution in [0, 0.1) is 11.3 Å². The number of aromatic nitrogens is 2. The molecule has 1 N–H and O–H groups in total. The molecule has 2 unspecified atom stereocenters. The van der Waals surface area contributed by atoms with Crippen LogP contribution in [0.4, 0.5) is 0 Å². The topological polar surface area (TPSA) is 38.0 Å². The first-order chi connectivity index (χ1) is 8.34. The third-order valence-electron chi connectivity index (χ3n) is 4.28. The molecule has 18 heavy (non-hydrogen) atoms. The Morgan fingerprint density at radius 2 is 2.17 bits per heavy atom. The van der Waals surface area contributed by atoms with Crippen molar-refractivity contribution in [3.05, 3.63) is 16.4 Å². The van der Waals surface area contributed by atoms with Gasteiger partial charge in [-0.1, -0.05) is 20.3 Å². The summed E-state index contributed by atoms with van der Waals surface area (Å²) in [6.45, 7) is 8.71. The van der Waals surface area contributed by atoms with Gasteiger partial charge in [0.2, 0.25) is 0 Å². The molecule has 1 aromatic heterocycles. The molecular weight excluding hydrogens is 292 g/mol. The molecular formula is C14H23BrN2O. The molecule has 0 bridgehead atoms. The van der Waals surface area contributed by atoms with Crippen molar-refractivity contribution in [2.75, 3.05) is 0 Å². The van der Waals surface area contributed by atoms with E-state index in [1.165, 1.54) is 12.8 Å². The molecule has 0 saturated heterocycles. The maximum atomic E-state index is 10.8. The highest BCUT2D eigenvalue weighted by Crippen LogP contribution is 2.49. The molecule has 1 heterocycles. The molecule has 4 heteroatoms. The van der Waals surface area contributed by atoms with Crippen molar-refractivity contribution in [1.29, 1.82) is 0 Å². The Morgan fingerprint density at radius 1 is 1.50 bits per heavy atom. The Hall–Kier alpha value is -0.350. The molecule has 0 spiro atoms. The Morgan fingerprint density at radius 3 is 2.67 bits per heavy atom. The Bertz CT molecular complexity index is 425. The summed E-state index contributed by atoms with van der Waals surface area (Å²) >= 11 is 3.53. The summed E-state index contributed by atoms with van der Waals surface area (Å²) < 4.78 is 2.86. The Balaban J connectivity index is 2.34. The predicted molar refractivity (Wildman–Crippen MR) is 76.4 cm³/mol. The second kappa shape index (κ2) is 4.97. The zero-order chi connectivity index (χ0) is 13.5. The lowest BCUT2D eigenvalue weighted by Crippen LogP contribution is -2.26. The van der Waals surface area contributed by atoms with Crippen LogP contribution in [0.5, 0.6) is 0 Å². The molecule has 102 valence electrons. The maximum Gasteiger partial charge on any atom is 0.100 e. The van der Waals surface area contributed by atoms with Gasteiger partial charge in [0.1, 0.15) is 6.10 Å². The summed E-state index contributed by atoms with van der Waals surface area (Å²) in [5.41, 5.74) is 1.15. The molecule has 1 fully saturated rings. The highest BCUT2D eigenvalue weighted by atomic mass is 79.9. The highest BCUT2D eigenvalue weighted by Gasteiger charge is 2.41. The zero-order valence-electron chi connectivity index (χ0n) is 11.7. The number of nitrogens with zero attached hydrogens (tertiary/aromatic N) is 2. The van der Waals surface area contributed by atoms with Gasteiger partial charge in [0.25, 0.3) is 0 Å². The van der Waals surface area contributed by atoms with E-state index >= 15 is 0 Å². The SMILES string of the molecule is CC(C)n1ncc(Br)c1C(O)C1CCCC1(C)C. The van der Waals surface area contributed by atoms with E-state index in [0.29, 0.717) is 5.92 Å². The summed E-state index contributed by atoms with van der Waals surface area (Å²) in [6.07, 6.45) is 4.87. The van der Waals surface area contributed by atoms with Crippen LogP contribution < -0.4 is 0 Å². The summed E-state index contributed by atoms with van der Waals surface area (Å²) in [5, 5.41) is 15.1. The summed E-state index contributed by atoms with van der Waals surface area (Å²) in [7, 11) is 0. The number of halogens is 1. The lowest BCUT2D eigenvalue weighted by atomic mass is 9.78. The van der Waals surface area contributed by atoms with Crippen LogP contribution in [0.2, 0.25) is 0 Å². The highest BCUT2D eigenvalue weighted by molar-refractivity contribution is 9.10. The molecule has 0 aliphatic heterocycles. The van der Waals surface area contributed by atoms with Crippen molar-refractivity contribution in [3.63, 3.8) is 0 Å². The summed E-state index contributed by atoms with van der Waals surface area (Å²) in [4.78, 5) is 0. The van der Waals surface area contributed by atoms with Crippen molar-refractivity contribution in [2.45, 2.75) is 59.1 Å². The van der Waals surface area contributed by atoms with Crippen LogP contribution in [0.3, 0.4) is 0 Å². The molecule has 2 rings (SSSR count). The van der Waals surface area contributed by atoms with Crippen LogP contribution in [0.15, 0.2) is 10.7 Å². The van der Waals surface area contributed by atoms with E-state index < -0.39 is 6.10 Å². The average Bonchev–Trinajstić information content (AvgIpc) is 2.80. The van der Waals surface area contributed by atoms with Gasteiger partial charge in [-0.3, -0.25) is 4.68 Å². The van der Waals surface area contributed by atoms with Crippen LogP contribution in [-0.4, -0.2) is 14.9 Å². The number of rotatable bonds is 3. The quantitative estimate of drug-likeness (QED) is 0.912.